The van der Waals surface area contributed by atoms with Crippen LogP contribution in [0, 0.1) is 12.7 Å². The van der Waals surface area contributed by atoms with Gasteiger partial charge in [0.05, 0.1) is 16.1 Å². The van der Waals surface area contributed by atoms with E-state index in [9.17, 15) is 9.18 Å². The first kappa shape index (κ1) is 14.5. The van der Waals surface area contributed by atoms with Gasteiger partial charge in [0, 0.05) is 5.69 Å². The van der Waals surface area contributed by atoms with E-state index in [-0.39, 0.29) is 17.5 Å². The number of carbonyl (C=O) groups excluding carboxylic acids is 1. The quantitative estimate of drug-likeness (QED) is 0.799. The molecule has 0 radical (unpaired) electrons. The smallest absolute Gasteiger partial charge is 0.244 e. The Morgan fingerprint density at radius 1 is 1.32 bits per heavy atom. The molecular weight excluding hydrogens is 305 g/mol. The number of amides is 1. The summed E-state index contributed by atoms with van der Waals surface area (Å²) in [5, 5.41) is 2.68. The van der Waals surface area contributed by atoms with Gasteiger partial charge >= 0.3 is 0 Å². The van der Waals surface area contributed by atoms with Crippen LogP contribution >= 0.6 is 11.6 Å². The molecular formula is C16H13ClFN3O. The summed E-state index contributed by atoms with van der Waals surface area (Å²) < 4.78 is 14.9. The molecule has 1 aromatic heterocycles. The molecule has 0 aliphatic heterocycles. The molecule has 0 spiro atoms. The monoisotopic (exact) mass is 317 g/mol. The lowest BCUT2D eigenvalue weighted by atomic mass is 10.3. The average Bonchev–Trinajstić information content (AvgIpc) is 2.79. The van der Waals surface area contributed by atoms with Gasteiger partial charge in [-0.05, 0) is 37.3 Å². The minimum absolute atomic E-state index is 0.0259. The van der Waals surface area contributed by atoms with Crippen LogP contribution in [0.3, 0.4) is 0 Å². The Labute approximate surface area is 131 Å². The zero-order valence-corrected chi connectivity index (χ0v) is 12.6. The number of rotatable bonds is 3. The minimum atomic E-state index is -0.517. The standard InChI is InChI=1S/C16H13ClFN3O/c1-10-19-14-4-2-3-5-15(14)21(10)9-16(22)20-11-6-7-13(18)12(17)8-11/h2-8H,9H2,1H3,(H,20,22). The van der Waals surface area contributed by atoms with Crippen LogP contribution in [-0.2, 0) is 11.3 Å². The summed E-state index contributed by atoms with van der Waals surface area (Å²) in [6.07, 6.45) is 0. The summed E-state index contributed by atoms with van der Waals surface area (Å²) >= 11 is 5.70. The molecule has 22 heavy (non-hydrogen) atoms. The van der Waals surface area contributed by atoms with E-state index in [1.165, 1.54) is 18.2 Å². The second-order valence-corrected chi connectivity index (χ2v) is 5.32. The maximum atomic E-state index is 13.1. The van der Waals surface area contributed by atoms with Gasteiger partial charge in [0.15, 0.2) is 0 Å². The largest absolute Gasteiger partial charge is 0.324 e. The number of carbonyl (C=O) groups is 1. The lowest BCUT2D eigenvalue weighted by Gasteiger charge is -2.09. The average molecular weight is 318 g/mol. The molecule has 0 bridgehead atoms. The Morgan fingerprint density at radius 2 is 2.09 bits per heavy atom. The number of nitrogens with zero attached hydrogens (tertiary/aromatic N) is 2. The van der Waals surface area contributed by atoms with Gasteiger partial charge in [0.2, 0.25) is 5.91 Å². The highest BCUT2D eigenvalue weighted by Gasteiger charge is 2.11. The number of halogens is 2. The lowest BCUT2D eigenvalue weighted by molar-refractivity contribution is -0.116. The summed E-state index contributed by atoms with van der Waals surface area (Å²) in [5.74, 6) is 0.0125. The lowest BCUT2D eigenvalue weighted by Crippen LogP contribution is -2.19. The van der Waals surface area contributed by atoms with Crippen LogP contribution in [-0.4, -0.2) is 15.5 Å². The fourth-order valence-corrected chi connectivity index (χ4v) is 2.49. The van der Waals surface area contributed by atoms with Gasteiger partial charge in [0.1, 0.15) is 18.2 Å². The maximum Gasteiger partial charge on any atom is 0.244 e. The fourth-order valence-electron chi connectivity index (χ4n) is 2.31. The van der Waals surface area contributed by atoms with Gasteiger partial charge < -0.3 is 9.88 Å². The van der Waals surface area contributed by atoms with E-state index in [4.69, 9.17) is 11.6 Å². The van der Waals surface area contributed by atoms with Crippen molar-refractivity contribution in [3.63, 3.8) is 0 Å². The maximum absolute atomic E-state index is 13.1. The first-order valence-corrected chi connectivity index (χ1v) is 7.09. The number of hydrogen-bond donors (Lipinski definition) is 1. The van der Waals surface area contributed by atoms with Crippen LogP contribution in [0.25, 0.3) is 11.0 Å². The molecule has 0 atom stereocenters. The molecule has 0 saturated carbocycles. The minimum Gasteiger partial charge on any atom is -0.324 e. The molecule has 0 saturated heterocycles. The van der Waals surface area contributed by atoms with Crippen LogP contribution in [0.4, 0.5) is 10.1 Å². The van der Waals surface area contributed by atoms with Crippen LogP contribution in [0.2, 0.25) is 5.02 Å². The van der Waals surface area contributed by atoms with Gasteiger partial charge in [-0.25, -0.2) is 9.37 Å². The number of benzene rings is 2. The van der Waals surface area contributed by atoms with Crippen molar-refractivity contribution in [2.75, 3.05) is 5.32 Å². The molecule has 0 fully saturated rings. The van der Waals surface area contributed by atoms with Crippen molar-refractivity contribution in [2.45, 2.75) is 13.5 Å². The van der Waals surface area contributed by atoms with E-state index in [1.54, 1.807) is 0 Å². The fraction of sp³-hybridized carbons (Fsp3) is 0.125. The summed E-state index contributed by atoms with van der Waals surface area (Å²) in [6, 6.07) is 11.7. The van der Waals surface area contributed by atoms with Crippen molar-refractivity contribution in [1.29, 1.82) is 0 Å². The molecule has 4 nitrogen and oxygen atoms in total. The van der Waals surface area contributed by atoms with E-state index in [2.05, 4.69) is 10.3 Å². The molecule has 2 aromatic carbocycles. The van der Waals surface area contributed by atoms with Crippen LogP contribution in [0.5, 0.6) is 0 Å². The van der Waals surface area contributed by atoms with Crippen molar-refractivity contribution in [3.05, 3.63) is 59.1 Å². The van der Waals surface area contributed by atoms with Crippen LogP contribution < -0.4 is 5.32 Å². The van der Waals surface area contributed by atoms with E-state index in [1.807, 2.05) is 35.8 Å². The Morgan fingerprint density at radius 3 is 2.86 bits per heavy atom. The number of para-hydroxylation sites is 2. The van der Waals surface area contributed by atoms with E-state index < -0.39 is 5.82 Å². The third-order valence-corrected chi connectivity index (χ3v) is 3.64. The van der Waals surface area contributed by atoms with Gasteiger partial charge in [-0.3, -0.25) is 4.79 Å². The molecule has 6 heteroatoms. The topological polar surface area (TPSA) is 46.9 Å². The van der Waals surface area contributed by atoms with E-state index in [0.29, 0.717) is 5.69 Å². The summed E-state index contributed by atoms with van der Waals surface area (Å²) in [4.78, 5) is 16.6. The van der Waals surface area contributed by atoms with Crippen molar-refractivity contribution in [1.82, 2.24) is 9.55 Å². The molecule has 112 valence electrons. The normalized spacial score (nSPS) is 10.9. The van der Waals surface area contributed by atoms with Crippen LogP contribution in [0.15, 0.2) is 42.5 Å². The summed E-state index contributed by atoms with van der Waals surface area (Å²) in [7, 11) is 0. The summed E-state index contributed by atoms with van der Waals surface area (Å²) in [5.41, 5.74) is 2.20. The van der Waals surface area contributed by atoms with Gasteiger partial charge in [-0.1, -0.05) is 23.7 Å². The van der Waals surface area contributed by atoms with Crippen molar-refractivity contribution in [3.8, 4) is 0 Å². The van der Waals surface area contributed by atoms with Crippen molar-refractivity contribution >= 4 is 34.2 Å². The zero-order chi connectivity index (χ0) is 15.7. The predicted octanol–water partition coefficient (Wildman–Crippen LogP) is 3.78. The molecule has 0 aliphatic carbocycles. The molecule has 1 N–H and O–H groups in total. The second kappa shape index (κ2) is 5.77. The first-order chi connectivity index (χ1) is 10.5. The van der Waals surface area contributed by atoms with E-state index >= 15 is 0 Å². The highest BCUT2D eigenvalue weighted by molar-refractivity contribution is 6.31. The highest BCUT2D eigenvalue weighted by atomic mass is 35.5. The van der Waals surface area contributed by atoms with E-state index in [0.717, 1.165) is 16.9 Å². The second-order valence-electron chi connectivity index (χ2n) is 4.91. The predicted molar refractivity (Wildman–Crippen MR) is 84.5 cm³/mol. The molecule has 0 unspecified atom stereocenters. The number of aromatic nitrogens is 2. The first-order valence-electron chi connectivity index (χ1n) is 6.71. The Balaban J connectivity index is 1.81. The molecule has 3 aromatic rings. The Bertz CT molecular complexity index is 860. The number of anilines is 1. The highest BCUT2D eigenvalue weighted by Crippen LogP contribution is 2.20. The third kappa shape index (κ3) is 2.80. The third-order valence-electron chi connectivity index (χ3n) is 3.35. The van der Waals surface area contributed by atoms with Gasteiger partial charge in [0.25, 0.3) is 0 Å². The van der Waals surface area contributed by atoms with Crippen molar-refractivity contribution in [2.24, 2.45) is 0 Å². The van der Waals surface area contributed by atoms with Gasteiger partial charge in [-0.2, -0.15) is 0 Å². The number of imidazole rings is 1. The molecule has 0 aliphatic rings. The SMILES string of the molecule is Cc1nc2ccccc2n1CC(=O)Nc1ccc(F)c(Cl)c1. The Hall–Kier alpha value is -2.40. The number of hydrogen-bond acceptors (Lipinski definition) is 2. The number of fused-ring (bicyclic) bond motifs is 1. The zero-order valence-electron chi connectivity index (χ0n) is 11.8. The Kier molecular flexibility index (Phi) is 3.81. The molecule has 1 heterocycles. The number of aryl methyl sites for hydroxylation is 1. The summed E-state index contributed by atoms with van der Waals surface area (Å²) in [6.45, 7) is 1.98. The van der Waals surface area contributed by atoms with Crippen LogP contribution in [0.1, 0.15) is 5.82 Å². The molecule has 1 amide bonds. The van der Waals surface area contributed by atoms with Crippen molar-refractivity contribution < 1.29 is 9.18 Å². The van der Waals surface area contributed by atoms with Gasteiger partial charge in [-0.15, -0.1) is 0 Å². The molecule has 3 rings (SSSR count). The number of nitrogens with one attached hydrogen (secondary N) is 1.